The number of hydrogen-bond acceptors (Lipinski definition) is 9. The van der Waals surface area contributed by atoms with E-state index in [4.69, 9.17) is 46.9 Å². The fourth-order valence-corrected chi connectivity index (χ4v) is 6.23. The van der Waals surface area contributed by atoms with Gasteiger partial charge in [-0.3, -0.25) is 0 Å². The van der Waals surface area contributed by atoms with E-state index in [0.29, 0.717) is 38.5 Å². The van der Waals surface area contributed by atoms with E-state index in [2.05, 4.69) is 5.32 Å². The van der Waals surface area contributed by atoms with Gasteiger partial charge in [0.05, 0.1) is 31.4 Å². The molecule has 0 spiro atoms. The van der Waals surface area contributed by atoms with Crippen molar-refractivity contribution in [3.63, 3.8) is 0 Å². The molecule has 2 atom stereocenters. The molecule has 1 aromatic heterocycles. The van der Waals surface area contributed by atoms with E-state index >= 15 is 0 Å². The number of amides is 1. The van der Waals surface area contributed by atoms with E-state index in [0.717, 1.165) is 5.56 Å². The van der Waals surface area contributed by atoms with Crippen molar-refractivity contribution < 1.29 is 42.8 Å². The van der Waals surface area contributed by atoms with E-state index < -0.39 is 35.8 Å². The lowest BCUT2D eigenvalue weighted by molar-refractivity contribution is -0.605. The topological polar surface area (TPSA) is 136 Å². The Morgan fingerprint density at radius 1 is 0.745 bits per heavy atom. The van der Waals surface area contributed by atoms with E-state index in [9.17, 15) is 19.6 Å². The lowest BCUT2D eigenvalue weighted by Crippen LogP contribution is -2.35. The average Bonchev–Trinajstić information content (AvgIpc) is 3.16. The van der Waals surface area contributed by atoms with Gasteiger partial charge in [0, 0.05) is 12.0 Å². The van der Waals surface area contributed by atoms with Crippen LogP contribution in [0.2, 0.25) is 10.0 Å². The van der Waals surface area contributed by atoms with Gasteiger partial charge in [0.25, 0.3) is 0 Å². The second-order valence-electron chi connectivity index (χ2n) is 13.4. The van der Waals surface area contributed by atoms with Crippen LogP contribution >= 0.6 is 23.2 Å². The van der Waals surface area contributed by atoms with Crippen molar-refractivity contribution in [3.8, 4) is 11.5 Å². The number of benzene rings is 4. The van der Waals surface area contributed by atoms with E-state index in [1.165, 1.54) is 26.6 Å². The van der Waals surface area contributed by atoms with Crippen LogP contribution in [-0.4, -0.2) is 37.9 Å². The summed E-state index contributed by atoms with van der Waals surface area (Å²) in [5.41, 5.74) is 2.90. The zero-order chi connectivity index (χ0) is 39.7. The van der Waals surface area contributed by atoms with Crippen molar-refractivity contribution in [1.29, 1.82) is 0 Å². The monoisotopic (exact) mass is 786 g/mol. The highest BCUT2D eigenvalue weighted by atomic mass is 35.5. The largest absolute Gasteiger partial charge is 0.619 e. The van der Waals surface area contributed by atoms with Crippen LogP contribution in [0.4, 0.5) is 4.79 Å². The number of halogens is 2. The Bertz CT molecular complexity index is 2120. The van der Waals surface area contributed by atoms with Crippen LogP contribution in [0.15, 0.2) is 109 Å². The first-order valence-electron chi connectivity index (χ1n) is 17.1. The number of carbonyl (C=O) groups excluding carboxylic acids is 3. The maximum absolute atomic E-state index is 13.5. The number of nitrogens with one attached hydrogen (secondary N) is 1. The lowest BCUT2D eigenvalue weighted by Gasteiger charge is -2.24. The zero-order valence-electron chi connectivity index (χ0n) is 30.8. The molecule has 4 aromatic carbocycles. The quantitative estimate of drug-likeness (QED) is 0.0538. The van der Waals surface area contributed by atoms with E-state index in [1.807, 2.05) is 36.4 Å². The summed E-state index contributed by atoms with van der Waals surface area (Å²) in [4.78, 5) is 39.4. The van der Waals surface area contributed by atoms with Gasteiger partial charge in [-0.05, 0) is 79.4 Å². The minimum atomic E-state index is -0.887. The van der Waals surface area contributed by atoms with Crippen molar-refractivity contribution in [2.24, 2.45) is 0 Å². The van der Waals surface area contributed by atoms with Crippen LogP contribution in [0.25, 0.3) is 0 Å². The standard InChI is InChI=1S/C42H40Cl2N2O9/c1-42(2,3)55-41(49)45-38(27-10-7-6-8-11-27)30-12-9-13-31(20-30)39(47)53-25-26-14-16-28(17-15-26)40(48)54-36(22-32-33(43)23-46(50)24-34(32)44)29-18-19-35(51-4)37(21-29)52-5/h6-21,23-24,36,38H,22,25H2,1-5H3,(H,45,49)/t36?,38-/m0/s1. The molecule has 1 heterocycles. The molecule has 0 saturated carbocycles. The summed E-state index contributed by atoms with van der Waals surface area (Å²) in [6.45, 7) is 5.27. The summed E-state index contributed by atoms with van der Waals surface area (Å²) < 4.78 is 28.4. The molecule has 0 fully saturated rings. The first-order chi connectivity index (χ1) is 26.2. The molecular weight excluding hydrogens is 747 g/mol. The Hall–Kier alpha value is -5.78. The number of pyridine rings is 1. The van der Waals surface area contributed by atoms with Crippen molar-refractivity contribution in [2.75, 3.05) is 14.2 Å². The molecule has 0 aliphatic heterocycles. The SMILES string of the molecule is COc1ccc(C(Cc2c(Cl)c[n+]([O-])cc2Cl)OC(=O)c2ccc(COC(=O)c3cccc([C@@H](NC(=O)OC(C)(C)C)c4ccccc4)c3)cc2)cc1OC. The second kappa shape index (κ2) is 18.0. The summed E-state index contributed by atoms with van der Waals surface area (Å²) in [6, 6.07) is 27.1. The highest BCUT2D eigenvalue weighted by Crippen LogP contribution is 2.35. The Labute approximate surface area is 329 Å². The number of alkyl carbamates (subject to hydrolysis) is 1. The van der Waals surface area contributed by atoms with Crippen molar-refractivity contribution in [2.45, 2.75) is 51.5 Å². The van der Waals surface area contributed by atoms with Crippen molar-refractivity contribution >= 4 is 41.2 Å². The molecule has 0 bridgehead atoms. The molecule has 11 nitrogen and oxygen atoms in total. The summed E-state index contributed by atoms with van der Waals surface area (Å²) in [7, 11) is 3.00. The third kappa shape index (κ3) is 10.9. The molecule has 55 heavy (non-hydrogen) atoms. The summed E-state index contributed by atoms with van der Waals surface area (Å²) in [5.74, 6) is -0.319. The molecule has 13 heteroatoms. The highest BCUT2D eigenvalue weighted by Gasteiger charge is 2.25. The minimum absolute atomic E-state index is 0.0537. The zero-order valence-corrected chi connectivity index (χ0v) is 32.4. The third-order valence-corrected chi connectivity index (χ3v) is 8.94. The second-order valence-corrected chi connectivity index (χ2v) is 14.2. The van der Waals surface area contributed by atoms with Gasteiger partial charge >= 0.3 is 18.0 Å². The Morgan fingerprint density at radius 2 is 1.40 bits per heavy atom. The number of hydrogen-bond donors (Lipinski definition) is 1. The van der Waals surface area contributed by atoms with Crippen LogP contribution < -0.4 is 19.5 Å². The molecule has 1 N–H and O–H groups in total. The Balaban J connectivity index is 1.28. The van der Waals surface area contributed by atoms with Gasteiger partial charge in [0.2, 0.25) is 0 Å². The van der Waals surface area contributed by atoms with Crippen molar-refractivity contribution in [1.82, 2.24) is 5.32 Å². The number of aromatic nitrogens is 1. The fraction of sp³-hybridized carbons (Fsp3) is 0.238. The van der Waals surface area contributed by atoms with Crippen LogP contribution in [0.3, 0.4) is 0 Å². The van der Waals surface area contributed by atoms with Gasteiger partial charge in [0.1, 0.15) is 28.4 Å². The molecule has 0 saturated heterocycles. The fourth-order valence-electron chi connectivity index (χ4n) is 5.63. The number of nitrogens with zero attached hydrogens (tertiary/aromatic N) is 1. The molecule has 286 valence electrons. The molecular formula is C42H40Cl2N2O9. The maximum Gasteiger partial charge on any atom is 0.408 e. The number of rotatable bonds is 13. The van der Waals surface area contributed by atoms with Gasteiger partial charge in [-0.1, -0.05) is 83.9 Å². The van der Waals surface area contributed by atoms with Gasteiger partial charge in [0.15, 0.2) is 23.9 Å². The van der Waals surface area contributed by atoms with Gasteiger partial charge in [-0.25, -0.2) is 14.4 Å². The predicted molar refractivity (Wildman–Crippen MR) is 206 cm³/mol. The van der Waals surface area contributed by atoms with Crippen LogP contribution in [0.5, 0.6) is 11.5 Å². The van der Waals surface area contributed by atoms with Crippen molar-refractivity contribution in [3.05, 3.63) is 164 Å². The maximum atomic E-state index is 13.5. The highest BCUT2D eigenvalue weighted by molar-refractivity contribution is 6.35. The molecule has 0 aliphatic carbocycles. The third-order valence-electron chi connectivity index (χ3n) is 8.29. The molecule has 1 amide bonds. The molecule has 5 aromatic rings. The first-order valence-corrected chi connectivity index (χ1v) is 17.9. The minimum Gasteiger partial charge on any atom is -0.619 e. The van der Waals surface area contributed by atoms with Crippen LogP contribution in [-0.2, 0) is 27.2 Å². The number of methoxy groups -OCH3 is 2. The Morgan fingerprint density at radius 3 is 2.04 bits per heavy atom. The number of ether oxygens (including phenoxy) is 5. The molecule has 1 unspecified atom stereocenters. The molecule has 5 rings (SSSR count). The average molecular weight is 788 g/mol. The van der Waals surface area contributed by atoms with E-state index in [1.54, 1.807) is 81.4 Å². The number of esters is 2. The lowest BCUT2D eigenvalue weighted by atomic mass is 9.97. The summed E-state index contributed by atoms with van der Waals surface area (Å²) in [6.07, 6.45) is 0.912. The van der Waals surface area contributed by atoms with Gasteiger partial charge < -0.3 is 34.2 Å². The normalized spacial score (nSPS) is 12.2. The molecule has 0 aliphatic rings. The van der Waals surface area contributed by atoms with Crippen LogP contribution in [0.1, 0.15) is 81.5 Å². The Kier molecular flexibility index (Phi) is 13.2. The summed E-state index contributed by atoms with van der Waals surface area (Å²) >= 11 is 12.7. The molecule has 0 radical (unpaired) electrons. The number of carbonyl (C=O) groups is 3. The van der Waals surface area contributed by atoms with Gasteiger partial charge in [-0.2, -0.15) is 4.73 Å². The van der Waals surface area contributed by atoms with Crippen LogP contribution in [0, 0.1) is 5.21 Å². The predicted octanol–water partition coefficient (Wildman–Crippen LogP) is 8.76. The first kappa shape index (κ1) is 40.4. The van der Waals surface area contributed by atoms with E-state index in [-0.39, 0.29) is 34.2 Å². The smallest absolute Gasteiger partial charge is 0.408 e. The van der Waals surface area contributed by atoms with Gasteiger partial charge in [-0.15, -0.1) is 0 Å². The summed E-state index contributed by atoms with van der Waals surface area (Å²) in [5, 5.41) is 15.0.